The van der Waals surface area contributed by atoms with Crippen LogP contribution in [0.1, 0.15) is 15.4 Å². The molecule has 1 amide bonds. The van der Waals surface area contributed by atoms with Crippen LogP contribution in [0.4, 0.5) is 14.5 Å². The number of nitrogens with zero attached hydrogens (tertiary/aromatic N) is 2. The van der Waals surface area contributed by atoms with Crippen molar-refractivity contribution in [1.29, 1.82) is 0 Å². The maximum absolute atomic E-state index is 13.4. The van der Waals surface area contributed by atoms with Gasteiger partial charge in [0.05, 0.1) is 11.4 Å². The summed E-state index contributed by atoms with van der Waals surface area (Å²) in [4.78, 5) is 12.1. The van der Waals surface area contributed by atoms with Gasteiger partial charge in [0.25, 0.3) is 5.91 Å². The number of hydrogen-bond donors (Lipinski definition) is 3. The number of halogens is 2. The smallest absolute Gasteiger partial charge is 0.283 e. The van der Waals surface area contributed by atoms with Crippen LogP contribution in [0, 0.1) is 18.6 Å². The second-order valence-corrected chi connectivity index (χ2v) is 5.01. The first kappa shape index (κ1) is 15.2. The minimum atomic E-state index is -0.798. The van der Waals surface area contributed by atoms with Crippen LogP contribution in [0.2, 0.25) is 0 Å². The van der Waals surface area contributed by atoms with Crippen molar-refractivity contribution in [1.82, 2.24) is 20.4 Å². The number of rotatable bonds is 2. The number of amides is 1. The fourth-order valence-electron chi connectivity index (χ4n) is 1.35. The predicted molar refractivity (Wildman–Crippen MR) is 77.8 cm³/mol. The number of aryl methyl sites for hydroxylation is 1. The van der Waals surface area contributed by atoms with E-state index < -0.39 is 17.5 Å². The number of anilines is 1. The van der Waals surface area contributed by atoms with Crippen LogP contribution in [0.5, 0.6) is 0 Å². The topological polar surface area (TPSA) is 78.9 Å². The lowest BCUT2D eigenvalue weighted by molar-refractivity contribution is 0.0947. The van der Waals surface area contributed by atoms with Gasteiger partial charge in [0.15, 0.2) is 5.11 Å². The van der Waals surface area contributed by atoms with E-state index in [-0.39, 0.29) is 10.8 Å². The first-order valence-electron chi connectivity index (χ1n) is 5.58. The number of nitrogens with one attached hydrogen (secondary N) is 3. The highest BCUT2D eigenvalue weighted by Crippen LogP contribution is 2.14. The summed E-state index contributed by atoms with van der Waals surface area (Å²) in [5, 5.41) is 6.14. The van der Waals surface area contributed by atoms with E-state index in [0.29, 0.717) is 10.6 Å². The first-order chi connectivity index (χ1) is 9.97. The van der Waals surface area contributed by atoms with Crippen molar-refractivity contribution in [2.24, 2.45) is 0 Å². The average molecular weight is 329 g/mol. The van der Waals surface area contributed by atoms with Crippen LogP contribution in [-0.2, 0) is 0 Å². The van der Waals surface area contributed by atoms with Gasteiger partial charge in [-0.05, 0) is 42.8 Å². The minimum absolute atomic E-state index is 0.0150. The third kappa shape index (κ3) is 3.89. The highest BCUT2D eigenvalue weighted by atomic mass is 32.1. The van der Waals surface area contributed by atoms with Crippen molar-refractivity contribution in [2.75, 3.05) is 5.32 Å². The van der Waals surface area contributed by atoms with Crippen LogP contribution in [-0.4, -0.2) is 20.6 Å². The quantitative estimate of drug-likeness (QED) is 0.575. The molecule has 1 heterocycles. The molecule has 0 aliphatic heterocycles. The molecule has 0 spiro atoms. The maximum Gasteiger partial charge on any atom is 0.283 e. The fourth-order valence-corrected chi connectivity index (χ4v) is 2.07. The van der Waals surface area contributed by atoms with Crippen molar-refractivity contribution in [2.45, 2.75) is 6.92 Å². The van der Waals surface area contributed by atoms with Crippen LogP contribution >= 0.6 is 23.8 Å². The van der Waals surface area contributed by atoms with E-state index >= 15 is 0 Å². The van der Waals surface area contributed by atoms with E-state index in [1.54, 1.807) is 6.92 Å². The summed E-state index contributed by atoms with van der Waals surface area (Å²) in [5.74, 6) is -1.96. The second kappa shape index (κ2) is 6.50. The molecule has 0 saturated carbocycles. The highest BCUT2D eigenvalue weighted by molar-refractivity contribution is 7.80. The largest absolute Gasteiger partial charge is 0.329 e. The van der Waals surface area contributed by atoms with Crippen molar-refractivity contribution >= 4 is 40.5 Å². The van der Waals surface area contributed by atoms with E-state index in [0.717, 1.165) is 23.7 Å². The molecule has 2 rings (SSSR count). The zero-order valence-corrected chi connectivity index (χ0v) is 12.2. The Morgan fingerprint density at radius 3 is 2.71 bits per heavy atom. The van der Waals surface area contributed by atoms with Crippen molar-refractivity contribution in [3.05, 3.63) is 40.4 Å². The summed E-state index contributed by atoms with van der Waals surface area (Å²) in [6.07, 6.45) is 0. The van der Waals surface area contributed by atoms with E-state index in [4.69, 9.17) is 12.2 Å². The van der Waals surface area contributed by atoms with Crippen molar-refractivity contribution in [3.63, 3.8) is 0 Å². The molecule has 0 bridgehead atoms. The lowest BCUT2D eigenvalue weighted by Crippen LogP contribution is -2.43. The molecule has 21 heavy (non-hydrogen) atoms. The summed E-state index contributed by atoms with van der Waals surface area (Å²) in [7, 11) is 0. The van der Waals surface area contributed by atoms with Gasteiger partial charge in [0.2, 0.25) is 0 Å². The molecule has 0 aliphatic carbocycles. The first-order valence-corrected chi connectivity index (χ1v) is 6.77. The number of aromatic nitrogens is 2. The Morgan fingerprint density at radius 2 is 2.10 bits per heavy atom. The summed E-state index contributed by atoms with van der Waals surface area (Å²) in [6, 6.07) is 2.99. The molecule has 0 aliphatic rings. The summed E-state index contributed by atoms with van der Waals surface area (Å²) in [6.45, 7) is 1.64. The third-order valence-corrected chi connectivity index (χ3v) is 3.36. The van der Waals surface area contributed by atoms with Gasteiger partial charge in [-0.1, -0.05) is 4.49 Å². The van der Waals surface area contributed by atoms with E-state index in [1.165, 1.54) is 6.07 Å². The summed E-state index contributed by atoms with van der Waals surface area (Å²) < 4.78 is 29.8. The van der Waals surface area contributed by atoms with Crippen molar-refractivity contribution in [3.8, 4) is 0 Å². The van der Waals surface area contributed by atoms with Gasteiger partial charge in [-0.15, -0.1) is 5.10 Å². The van der Waals surface area contributed by atoms with Gasteiger partial charge in [-0.2, -0.15) is 0 Å². The number of carbonyl (C=O) groups excluding carboxylic acids is 1. The molecule has 3 N–H and O–H groups in total. The van der Waals surface area contributed by atoms with Crippen molar-refractivity contribution < 1.29 is 13.6 Å². The maximum atomic E-state index is 13.4. The van der Waals surface area contributed by atoms with Crippen LogP contribution in [0.15, 0.2) is 18.2 Å². The van der Waals surface area contributed by atoms with Gasteiger partial charge in [-0.25, -0.2) is 8.78 Å². The van der Waals surface area contributed by atoms with E-state index in [2.05, 4.69) is 25.8 Å². The molecule has 10 heteroatoms. The average Bonchev–Trinajstić information content (AvgIpc) is 2.85. The predicted octanol–water partition coefficient (Wildman–Crippen LogP) is 1.76. The van der Waals surface area contributed by atoms with Crippen LogP contribution in [0.3, 0.4) is 0 Å². The Kier molecular flexibility index (Phi) is 4.70. The molecular weight excluding hydrogens is 320 g/mol. The van der Waals surface area contributed by atoms with Crippen LogP contribution in [0.25, 0.3) is 0 Å². The lowest BCUT2D eigenvalue weighted by Gasteiger charge is -2.11. The molecule has 0 fully saturated rings. The van der Waals surface area contributed by atoms with Gasteiger partial charge < -0.3 is 5.32 Å². The lowest BCUT2D eigenvalue weighted by atomic mass is 10.3. The molecular formula is C11H9F2N5OS2. The third-order valence-electron chi connectivity index (χ3n) is 2.33. The number of hydrazine groups is 1. The molecule has 0 radical (unpaired) electrons. The standard InChI is InChI=1S/C11H9F2N5OS2/c1-5-9(21-18-15-5)10(19)16-17-11(20)14-8-3-2-6(12)4-7(8)13/h2-4H,1H3,(H,16,19)(H2,14,17,20). The summed E-state index contributed by atoms with van der Waals surface area (Å²) >= 11 is 5.82. The molecule has 0 atom stereocenters. The Labute approximate surface area is 127 Å². The molecule has 1 aromatic heterocycles. The number of carbonyl (C=O) groups is 1. The minimum Gasteiger partial charge on any atom is -0.329 e. The van der Waals surface area contributed by atoms with Gasteiger partial charge in [0.1, 0.15) is 16.5 Å². The zero-order valence-electron chi connectivity index (χ0n) is 10.6. The van der Waals surface area contributed by atoms with Gasteiger partial charge >= 0.3 is 0 Å². The van der Waals surface area contributed by atoms with E-state index in [1.807, 2.05) is 0 Å². The van der Waals surface area contributed by atoms with Gasteiger partial charge in [-0.3, -0.25) is 15.6 Å². The highest BCUT2D eigenvalue weighted by Gasteiger charge is 2.13. The van der Waals surface area contributed by atoms with E-state index in [9.17, 15) is 13.6 Å². The van der Waals surface area contributed by atoms with Crippen LogP contribution < -0.4 is 16.2 Å². The van der Waals surface area contributed by atoms with Gasteiger partial charge in [0, 0.05) is 6.07 Å². The normalized spacial score (nSPS) is 10.0. The molecule has 110 valence electrons. The zero-order chi connectivity index (χ0) is 15.4. The Bertz CT molecular complexity index is 691. The molecule has 1 aromatic carbocycles. The number of thiocarbonyl (C=S) groups is 1. The monoisotopic (exact) mass is 329 g/mol. The summed E-state index contributed by atoms with van der Waals surface area (Å²) in [5.41, 5.74) is 5.19. The molecule has 0 saturated heterocycles. The molecule has 2 aromatic rings. The SMILES string of the molecule is Cc1nnsc1C(=O)NNC(=S)Nc1ccc(F)cc1F. The number of benzene rings is 1. The second-order valence-electron chi connectivity index (χ2n) is 3.84. The fraction of sp³-hybridized carbons (Fsp3) is 0.0909. The molecule has 6 nitrogen and oxygen atoms in total. The number of hydrogen-bond acceptors (Lipinski definition) is 5. The Morgan fingerprint density at radius 1 is 1.33 bits per heavy atom. The molecule has 0 unspecified atom stereocenters. The Balaban J connectivity index is 1.90. The Hall–Kier alpha value is -2.20.